The standard InChI is InChI=1S/C26H30Cl2N4O5/c27-17-5-3-15(19(28)13-17)4-8-22(33)31-21(11-14-1-2-14)25(36)32-20(12-16-9-10-29-24(16)35)23(34)26(37)30-18-6-7-18/h3-5,8,13-14,16,18,20-21H,1-2,6-7,9-12H2,(H,29,35)(H,30,37)(H,31,33)(H,32,36)/b8-4+/t16-,20?,21?/m0/s1. The fourth-order valence-electron chi connectivity index (χ4n) is 4.24. The third-order valence-electron chi connectivity index (χ3n) is 6.73. The van der Waals surface area contributed by atoms with Gasteiger partial charge in [0.25, 0.3) is 5.91 Å². The van der Waals surface area contributed by atoms with Crippen molar-refractivity contribution in [3.63, 3.8) is 0 Å². The molecule has 3 aliphatic rings. The van der Waals surface area contributed by atoms with Crippen LogP contribution in [0.1, 0.15) is 50.5 Å². The fraction of sp³-hybridized carbons (Fsp3) is 0.500. The highest BCUT2D eigenvalue weighted by atomic mass is 35.5. The van der Waals surface area contributed by atoms with Gasteiger partial charge in [0.1, 0.15) is 6.04 Å². The maximum absolute atomic E-state index is 13.3. The van der Waals surface area contributed by atoms with E-state index in [1.54, 1.807) is 18.2 Å². The van der Waals surface area contributed by atoms with E-state index < -0.39 is 41.5 Å². The molecule has 4 N–H and O–H groups in total. The van der Waals surface area contributed by atoms with Gasteiger partial charge in [0.05, 0.1) is 6.04 Å². The van der Waals surface area contributed by atoms with E-state index in [-0.39, 0.29) is 18.4 Å². The largest absolute Gasteiger partial charge is 0.356 e. The van der Waals surface area contributed by atoms with Crippen LogP contribution < -0.4 is 21.3 Å². The zero-order valence-corrected chi connectivity index (χ0v) is 21.7. The van der Waals surface area contributed by atoms with Crippen LogP contribution in [0.5, 0.6) is 0 Å². The third-order valence-corrected chi connectivity index (χ3v) is 7.29. The number of benzene rings is 1. The number of hydrogen-bond acceptors (Lipinski definition) is 5. The van der Waals surface area contributed by atoms with Gasteiger partial charge in [0, 0.05) is 34.6 Å². The number of nitrogens with one attached hydrogen (secondary N) is 4. The zero-order chi connectivity index (χ0) is 26.5. The summed E-state index contributed by atoms with van der Waals surface area (Å²) in [5, 5.41) is 11.6. The van der Waals surface area contributed by atoms with Crippen molar-refractivity contribution in [1.29, 1.82) is 0 Å². The molecule has 4 rings (SSSR count). The Hall–Kier alpha value is -2.91. The van der Waals surface area contributed by atoms with Crippen LogP contribution in [0.2, 0.25) is 10.0 Å². The van der Waals surface area contributed by atoms with Crippen LogP contribution in [-0.4, -0.2) is 54.1 Å². The van der Waals surface area contributed by atoms with Gasteiger partial charge in [0.2, 0.25) is 23.5 Å². The van der Waals surface area contributed by atoms with Gasteiger partial charge in [-0.2, -0.15) is 0 Å². The van der Waals surface area contributed by atoms with Crippen LogP contribution in [-0.2, 0) is 24.0 Å². The van der Waals surface area contributed by atoms with E-state index in [1.807, 2.05) is 0 Å². The molecule has 4 amide bonds. The molecule has 0 spiro atoms. The van der Waals surface area contributed by atoms with Gasteiger partial charge < -0.3 is 21.3 Å². The molecule has 1 saturated heterocycles. The summed E-state index contributed by atoms with van der Waals surface area (Å²) in [6.07, 6.45) is 7.26. The molecule has 2 aliphatic carbocycles. The molecule has 3 fully saturated rings. The number of Topliss-reactive ketones (excluding diaryl/α,β-unsaturated/α-hetero) is 1. The van der Waals surface area contributed by atoms with Crippen LogP contribution in [0.4, 0.5) is 0 Å². The minimum absolute atomic E-state index is 0.0214. The molecule has 1 aromatic rings. The van der Waals surface area contributed by atoms with E-state index in [0.717, 1.165) is 25.7 Å². The third kappa shape index (κ3) is 8.04. The van der Waals surface area contributed by atoms with Crippen LogP contribution in [0, 0.1) is 11.8 Å². The summed E-state index contributed by atoms with van der Waals surface area (Å²) in [7, 11) is 0. The molecule has 0 aromatic heterocycles. The summed E-state index contributed by atoms with van der Waals surface area (Å²) in [6.45, 7) is 0.483. The highest BCUT2D eigenvalue weighted by molar-refractivity contribution is 6.38. The van der Waals surface area contributed by atoms with Crippen LogP contribution in [0.3, 0.4) is 0 Å². The minimum atomic E-state index is -1.16. The molecule has 2 unspecified atom stereocenters. The summed E-state index contributed by atoms with van der Waals surface area (Å²) in [5.74, 6) is -3.01. The van der Waals surface area contributed by atoms with E-state index in [0.29, 0.717) is 40.9 Å². The maximum atomic E-state index is 13.3. The van der Waals surface area contributed by atoms with E-state index in [1.165, 1.54) is 12.2 Å². The number of halogens is 2. The second-order valence-corrected chi connectivity index (χ2v) is 10.8. The molecule has 0 radical (unpaired) electrons. The van der Waals surface area contributed by atoms with Crippen molar-refractivity contribution >= 4 is 58.7 Å². The molecular weight excluding hydrogens is 519 g/mol. The van der Waals surface area contributed by atoms with E-state index in [2.05, 4.69) is 21.3 Å². The SMILES string of the molecule is O=C(/C=C/c1ccc(Cl)cc1Cl)NC(CC1CC1)C(=O)NC(C[C@@H]1CCNC1=O)C(=O)C(=O)NC1CC1. The van der Waals surface area contributed by atoms with E-state index in [9.17, 15) is 24.0 Å². The smallest absolute Gasteiger partial charge is 0.289 e. The number of carbonyl (C=O) groups is 5. The van der Waals surface area contributed by atoms with Gasteiger partial charge in [-0.15, -0.1) is 0 Å². The normalized spacial score (nSPS) is 20.7. The van der Waals surface area contributed by atoms with Gasteiger partial charge in [-0.05, 0) is 61.8 Å². The summed E-state index contributed by atoms with van der Waals surface area (Å²) in [6, 6.07) is 2.79. The minimum Gasteiger partial charge on any atom is -0.356 e. The quantitative estimate of drug-likeness (QED) is 0.234. The molecule has 1 heterocycles. The van der Waals surface area contributed by atoms with Crippen molar-refractivity contribution in [2.45, 2.75) is 63.1 Å². The number of carbonyl (C=O) groups excluding carboxylic acids is 5. The summed E-state index contributed by atoms with van der Waals surface area (Å²) >= 11 is 12.1. The van der Waals surface area contributed by atoms with Gasteiger partial charge in [-0.25, -0.2) is 0 Å². The lowest BCUT2D eigenvalue weighted by Gasteiger charge is -2.23. The number of amides is 4. The van der Waals surface area contributed by atoms with Crippen LogP contribution in [0.25, 0.3) is 6.08 Å². The summed E-state index contributed by atoms with van der Waals surface area (Å²) in [4.78, 5) is 63.5. The van der Waals surface area contributed by atoms with Crippen molar-refractivity contribution in [1.82, 2.24) is 21.3 Å². The lowest BCUT2D eigenvalue weighted by atomic mass is 9.95. The first kappa shape index (κ1) is 27.1. The Labute approximate surface area is 225 Å². The summed E-state index contributed by atoms with van der Waals surface area (Å²) in [5.41, 5.74) is 0.589. The lowest BCUT2D eigenvalue weighted by molar-refractivity contribution is -0.141. The Kier molecular flexibility index (Phi) is 8.87. The van der Waals surface area contributed by atoms with Gasteiger partial charge in [0.15, 0.2) is 0 Å². The molecule has 2 saturated carbocycles. The van der Waals surface area contributed by atoms with Crippen molar-refractivity contribution in [3.05, 3.63) is 39.9 Å². The first-order chi connectivity index (χ1) is 17.7. The van der Waals surface area contributed by atoms with E-state index in [4.69, 9.17) is 23.2 Å². The molecule has 9 nitrogen and oxygen atoms in total. The highest BCUT2D eigenvalue weighted by Crippen LogP contribution is 2.33. The lowest BCUT2D eigenvalue weighted by Crippen LogP contribution is -2.54. The predicted molar refractivity (Wildman–Crippen MR) is 139 cm³/mol. The average molecular weight is 549 g/mol. The second kappa shape index (κ2) is 12.1. The van der Waals surface area contributed by atoms with Crippen LogP contribution >= 0.6 is 23.2 Å². The maximum Gasteiger partial charge on any atom is 0.289 e. The number of rotatable bonds is 12. The molecule has 1 aromatic carbocycles. The highest BCUT2D eigenvalue weighted by Gasteiger charge is 2.38. The average Bonchev–Trinajstić information content (AvgIpc) is 3.78. The molecule has 3 atom stereocenters. The topological polar surface area (TPSA) is 133 Å². The zero-order valence-electron chi connectivity index (χ0n) is 20.2. The molecular formula is C26H30Cl2N4O5. The van der Waals surface area contributed by atoms with Crippen molar-refractivity contribution in [2.24, 2.45) is 11.8 Å². The Bertz CT molecular complexity index is 1120. The second-order valence-electron chi connectivity index (χ2n) is 9.92. The molecule has 0 bridgehead atoms. The van der Waals surface area contributed by atoms with Gasteiger partial charge in [-0.3, -0.25) is 24.0 Å². The Morgan fingerprint density at radius 2 is 1.76 bits per heavy atom. The first-order valence-corrected chi connectivity index (χ1v) is 13.3. The van der Waals surface area contributed by atoms with Gasteiger partial charge >= 0.3 is 0 Å². The molecule has 37 heavy (non-hydrogen) atoms. The van der Waals surface area contributed by atoms with Crippen molar-refractivity contribution in [3.8, 4) is 0 Å². The van der Waals surface area contributed by atoms with Crippen LogP contribution in [0.15, 0.2) is 24.3 Å². The van der Waals surface area contributed by atoms with E-state index >= 15 is 0 Å². The number of ketones is 1. The molecule has 11 heteroatoms. The molecule has 198 valence electrons. The Balaban J connectivity index is 1.43. The fourth-order valence-corrected chi connectivity index (χ4v) is 4.71. The Morgan fingerprint density at radius 3 is 2.38 bits per heavy atom. The van der Waals surface area contributed by atoms with Gasteiger partial charge in [-0.1, -0.05) is 42.1 Å². The monoisotopic (exact) mass is 548 g/mol. The predicted octanol–water partition coefficient (Wildman–Crippen LogP) is 2.15. The van der Waals surface area contributed by atoms with Crippen molar-refractivity contribution < 1.29 is 24.0 Å². The number of hydrogen-bond donors (Lipinski definition) is 4. The summed E-state index contributed by atoms with van der Waals surface area (Å²) < 4.78 is 0. The first-order valence-electron chi connectivity index (χ1n) is 12.6. The Morgan fingerprint density at radius 1 is 1.00 bits per heavy atom. The molecule has 1 aliphatic heterocycles. The van der Waals surface area contributed by atoms with Crippen molar-refractivity contribution in [2.75, 3.05) is 6.54 Å².